The Morgan fingerprint density at radius 1 is 1.25 bits per heavy atom. The standard InChI is InChI=1S/C19H16N6O2S/c1-11-17-14(8-16(26)24(11)7-6-12-9-20-10-21-12)23-25(18(17)27)19-22-13-4-2-3-5-15(13)28-19/h2-5,8-10,23H,6-7H2,1H3,(H,20,21)/p+1. The maximum absolute atomic E-state index is 13.1. The average Bonchev–Trinajstić information content (AvgIpc) is 3.40. The molecular weight excluding hydrogens is 376 g/mol. The number of aryl methyl sites for hydroxylation is 1. The number of para-hydroxylation sites is 1. The van der Waals surface area contributed by atoms with Crippen LogP contribution in [0.1, 0.15) is 21.7 Å². The number of benzene rings is 1. The number of nitrogens with zero attached hydrogens (tertiary/aromatic N) is 3. The number of aromatic amines is 1. The van der Waals surface area contributed by atoms with E-state index in [2.05, 4.69) is 20.4 Å². The third-order valence-corrected chi connectivity index (χ3v) is 6.00. The van der Waals surface area contributed by atoms with Crippen LogP contribution < -0.4 is 16.0 Å². The summed E-state index contributed by atoms with van der Waals surface area (Å²) in [6, 6.07) is 9.27. The molecule has 1 atom stereocenters. The Hall–Kier alpha value is -3.30. The van der Waals surface area contributed by atoms with Gasteiger partial charge in [-0.2, -0.15) is 4.98 Å². The lowest BCUT2D eigenvalue weighted by Gasteiger charge is -2.10. The monoisotopic (exact) mass is 393 g/mol. The minimum Gasteiger partial charge on any atom is -0.348 e. The lowest BCUT2D eigenvalue weighted by molar-refractivity contribution is -0.709. The lowest BCUT2D eigenvalue weighted by Crippen LogP contribution is -3.11. The molecule has 5 rings (SSSR count). The van der Waals surface area contributed by atoms with E-state index >= 15 is 0 Å². The molecule has 4 heterocycles. The summed E-state index contributed by atoms with van der Waals surface area (Å²) in [5.41, 5.74) is 6.55. The van der Waals surface area contributed by atoms with E-state index in [1.54, 1.807) is 17.1 Å². The van der Waals surface area contributed by atoms with Crippen molar-refractivity contribution >= 4 is 38.3 Å². The van der Waals surface area contributed by atoms with Crippen LogP contribution >= 0.6 is 11.3 Å². The fourth-order valence-electron chi connectivity index (χ4n) is 3.53. The second kappa shape index (κ2) is 6.39. The van der Waals surface area contributed by atoms with E-state index in [9.17, 15) is 9.59 Å². The van der Waals surface area contributed by atoms with Gasteiger partial charge in [-0.1, -0.05) is 23.5 Å². The van der Waals surface area contributed by atoms with Gasteiger partial charge in [0.1, 0.15) is 11.3 Å². The number of quaternary nitrogens is 1. The summed E-state index contributed by atoms with van der Waals surface area (Å²) in [4.78, 5) is 37.3. The van der Waals surface area contributed by atoms with Gasteiger partial charge in [0.15, 0.2) is 0 Å². The number of pyridine rings is 1. The number of fused-ring (bicyclic) bond motifs is 2. The first-order chi connectivity index (χ1) is 13.6. The Kier molecular flexibility index (Phi) is 3.85. The van der Waals surface area contributed by atoms with Crippen molar-refractivity contribution < 1.29 is 9.80 Å². The maximum atomic E-state index is 13.1. The summed E-state index contributed by atoms with van der Waals surface area (Å²) in [5, 5.41) is 1.07. The summed E-state index contributed by atoms with van der Waals surface area (Å²) in [6.07, 6.45) is 3.98. The van der Waals surface area contributed by atoms with E-state index in [0.717, 1.165) is 15.9 Å². The SMILES string of the molecule is Cc1c2c(cc(=O)n1CCc1cnc[nH]1)N[NH+](c1nc3ccccc3s1)C2=O. The van der Waals surface area contributed by atoms with E-state index < -0.39 is 0 Å². The zero-order valence-electron chi connectivity index (χ0n) is 15.0. The molecule has 0 spiro atoms. The van der Waals surface area contributed by atoms with Crippen LogP contribution in [0.4, 0.5) is 10.8 Å². The smallest absolute Gasteiger partial charge is 0.348 e. The predicted octanol–water partition coefficient (Wildman–Crippen LogP) is 1.43. The van der Waals surface area contributed by atoms with Crippen LogP contribution in [-0.4, -0.2) is 25.4 Å². The van der Waals surface area contributed by atoms with Crippen molar-refractivity contribution in [2.75, 3.05) is 5.43 Å². The molecule has 0 bridgehead atoms. The molecule has 1 aliphatic heterocycles. The molecule has 0 saturated heterocycles. The van der Waals surface area contributed by atoms with Crippen LogP contribution in [0.3, 0.4) is 0 Å². The second-order valence-electron chi connectivity index (χ2n) is 6.65. The molecule has 9 heteroatoms. The number of anilines is 1. The molecule has 1 amide bonds. The first-order valence-electron chi connectivity index (χ1n) is 8.88. The van der Waals surface area contributed by atoms with E-state index in [0.29, 0.717) is 40.1 Å². The normalized spacial score (nSPS) is 15.8. The van der Waals surface area contributed by atoms with Gasteiger partial charge in [-0.3, -0.25) is 4.79 Å². The van der Waals surface area contributed by atoms with Crippen LogP contribution in [0.25, 0.3) is 10.2 Å². The van der Waals surface area contributed by atoms with Crippen LogP contribution in [-0.2, 0) is 13.0 Å². The van der Waals surface area contributed by atoms with Gasteiger partial charge < -0.3 is 9.55 Å². The molecule has 0 radical (unpaired) electrons. The molecule has 28 heavy (non-hydrogen) atoms. The number of aromatic nitrogens is 4. The molecule has 8 nitrogen and oxygen atoms in total. The number of rotatable bonds is 4. The van der Waals surface area contributed by atoms with E-state index in [4.69, 9.17) is 0 Å². The highest BCUT2D eigenvalue weighted by molar-refractivity contribution is 7.21. The fraction of sp³-hybridized carbons (Fsp3) is 0.158. The van der Waals surface area contributed by atoms with Crippen molar-refractivity contribution in [2.45, 2.75) is 19.9 Å². The van der Waals surface area contributed by atoms with Crippen LogP contribution in [0.15, 0.2) is 47.7 Å². The van der Waals surface area contributed by atoms with Crippen molar-refractivity contribution in [3.05, 3.63) is 70.2 Å². The topological polar surface area (TPSA) is 97.1 Å². The molecule has 3 N–H and O–H groups in total. The van der Waals surface area contributed by atoms with Gasteiger partial charge in [0.05, 0.1) is 16.5 Å². The highest BCUT2D eigenvalue weighted by atomic mass is 32.1. The summed E-state index contributed by atoms with van der Waals surface area (Å²) in [5.74, 6) is -0.123. The number of amides is 1. The number of imidazole rings is 1. The Morgan fingerprint density at radius 3 is 2.89 bits per heavy atom. The third-order valence-electron chi connectivity index (χ3n) is 4.95. The number of thiazole rings is 1. The molecule has 1 aromatic carbocycles. The van der Waals surface area contributed by atoms with Crippen molar-refractivity contribution in [2.24, 2.45) is 0 Å². The Bertz CT molecular complexity index is 1220. The van der Waals surface area contributed by atoms with Crippen molar-refractivity contribution in [1.29, 1.82) is 0 Å². The summed E-state index contributed by atoms with van der Waals surface area (Å²) >= 11 is 1.46. The Morgan fingerprint density at radius 2 is 2.11 bits per heavy atom. The Labute approximate surface area is 163 Å². The number of carbonyl (C=O) groups is 1. The average molecular weight is 393 g/mol. The number of hydrogen-bond donors (Lipinski definition) is 3. The van der Waals surface area contributed by atoms with Crippen molar-refractivity contribution in [3.8, 4) is 0 Å². The molecule has 0 fully saturated rings. The summed E-state index contributed by atoms with van der Waals surface area (Å²) in [6.45, 7) is 2.29. The summed E-state index contributed by atoms with van der Waals surface area (Å²) < 4.78 is 2.66. The number of hydrogen-bond acceptors (Lipinski definition) is 6. The first-order valence-corrected chi connectivity index (χ1v) is 9.70. The largest absolute Gasteiger partial charge is 0.379 e. The number of nitrogens with one attached hydrogen (secondary N) is 3. The van der Waals surface area contributed by atoms with Gasteiger partial charge in [0.2, 0.25) is 0 Å². The van der Waals surface area contributed by atoms with Gasteiger partial charge in [-0.25, -0.2) is 15.2 Å². The van der Waals surface area contributed by atoms with Crippen LogP contribution in [0.2, 0.25) is 0 Å². The van der Waals surface area contributed by atoms with E-state index in [1.807, 2.05) is 31.2 Å². The lowest BCUT2D eigenvalue weighted by atomic mass is 10.1. The molecule has 3 aromatic heterocycles. The quantitative estimate of drug-likeness (QED) is 0.487. The zero-order chi connectivity index (χ0) is 19.3. The van der Waals surface area contributed by atoms with Gasteiger partial charge in [-0.05, 0) is 19.1 Å². The van der Waals surface area contributed by atoms with Gasteiger partial charge in [0.25, 0.3) is 5.56 Å². The predicted molar refractivity (Wildman–Crippen MR) is 106 cm³/mol. The number of carbonyl (C=O) groups excluding carboxylic acids is 1. The van der Waals surface area contributed by atoms with Gasteiger partial charge in [-0.15, -0.1) is 5.01 Å². The molecule has 1 unspecified atom stereocenters. The fourth-order valence-corrected chi connectivity index (χ4v) is 4.49. The first kappa shape index (κ1) is 16.8. The molecule has 1 aliphatic rings. The number of H-pyrrole nitrogens is 1. The molecule has 0 aliphatic carbocycles. The Balaban J connectivity index is 1.50. The maximum Gasteiger partial charge on any atom is 0.379 e. The van der Waals surface area contributed by atoms with E-state index in [1.165, 1.54) is 17.4 Å². The van der Waals surface area contributed by atoms with Crippen LogP contribution in [0.5, 0.6) is 0 Å². The molecule has 140 valence electrons. The minimum atomic E-state index is -0.137. The zero-order valence-corrected chi connectivity index (χ0v) is 15.8. The molecule has 0 saturated carbocycles. The highest BCUT2D eigenvalue weighted by Crippen LogP contribution is 2.26. The van der Waals surface area contributed by atoms with Gasteiger partial charge >= 0.3 is 11.0 Å². The van der Waals surface area contributed by atoms with Crippen molar-refractivity contribution in [3.63, 3.8) is 0 Å². The molecular formula is C19H17N6O2S+. The highest BCUT2D eigenvalue weighted by Gasteiger charge is 2.39. The van der Waals surface area contributed by atoms with E-state index in [-0.39, 0.29) is 11.5 Å². The van der Waals surface area contributed by atoms with Crippen molar-refractivity contribution in [1.82, 2.24) is 19.5 Å². The molecule has 4 aromatic rings. The second-order valence-corrected chi connectivity index (χ2v) is 7.68. The third kappa shape index (κ3) is 2.63. The van der Waals surface area contributed by atoms with Crippen LogP contribution in [0, 0.1) is 6.92 Å². The minimum absolute atomic E-state index is 0.123. The summed E-state index contributed by atoms with van der Waals surface area (Å²) in [7, 11) is 0. The van der Waals surface area contributed by atoms with Gasteiger partial charge in [0, 0.05) is 36.6 Å².